The molecule has 0 radical (unpaired) electrons. The van der Waals surface area contributed by atoms with Gasteiger partial charge in [0.15, 0.2) is 0 Å². The van der Waals surface area contributed by atoms with Gasteiger partial charge in [0.25, 0.3) is 0 Å². The highest BCUT2D eigenvalue weighted by Gasteiger charge is 2.17. The van der Waals surface area contributed by atoms with E-state index in [9.17, 15) is 0 Å². The molecule has 3 heteroatoms. The number of likely N-dealkylation sites (tertiary alicyclic amines) is 1. The lowest BCUT2D eigenvalue weighted by atomic mass is 9.92. The van der Waals surface area contributed by atoms with Gasteiger partial charge in [-0.1, -0.05) is 25.8 Å². The van der Waals surface area contributed by atoms with Crippen LogP contribution in [0.4, 0.5) is 0 Å². The number of nitriles is 1. The molecule has 2 rings (SSSR count). The molecular weight excluding hydrogens is 248 g/mol. The Labute approximate surface area is 122 Å². The minimum atomic E-state index is 0.655. The molecule has 1 aliphatic heterocycles. The quantitative estimate of drug-likeness (QED) is 0.796. The fourth-order valence-corrected chi connectivity index (χ4v) is 2.85. The molecular formula is C17H24N2O. The normalized spacial score (nSPS) is 16.8. The molecule has 0 N–H and O–H groups in total. The van der Waals surface area contributed by atoms with Gasteiger partial charge in [0, 0.05) is 6.54 Å². The van der Waals surface area contributed by atoms with Gasteiger partial charge in [0.05, 0.1) is 11.6 Å². The molecule has 108 valence electrons. The zero-order valence-corrected chi connectivity index (χ0v) is 12.3. The third-order valence-corrected chi connectivity index (χ3v) is 4.04. The third-order valence-electron chi connectivity index (χ3n) is 4.04. The Bertz CT molecular complexity index is 445. The van der Waals surface area contributed by atoms with Gasteiger partial charge in [-0.2, -0.15) is 5.26 Å². The molecule has 1 aromatic carbocycles. The van der Waals surface area contributed by atoms with Crippen molar-refractivity contribution in [2.75, 3.05) is 26.2 Å². The average Bonchev–Trinajstić information content (AvgIpc) is 2.50. The van der Waals surface area contributed by atoms with Crippen LogP contribution < -0.4 is 4.74 Å². The maximum absolute atomic E-state index is 8.85. The third kappa shape index (κ3) is 4.54. The van der Waals surface area contributed by atoms with Gasteiger partial charge in [-0.05, 0) is 50.0 Å². The van der Waals surface area contributed by atoms with Crippen LogP contribution in [0.3, 0.4) is 0 Å². The summed E-state index contributed by atoms with van der Waals surface area (Å²) in [7, 11) is 0. The van der Waals surface area contributed by atoms with Crippen molar-refractivity contribution in [2.45, 2.75) is 32.6 Å². The fourth-order valence-electron chi connectivity index (χ4n) is 2.85. The van der Waals surface area contributed by atoms with Gasteiger partial charge >= 0.3 is 0 Å². The van der Waals surface area contributed by atoms with Gasteiger partial charge in [-0.25, -0.2) is 0 Å². The summed E-state index contributed by atoms with van der Waals surface area (Å²) >= 11 is 0. The number of ether oxygens (including phenoxy) is 1. The number of rotatable bonds is 6. The summed E-state index contributed by atoms with van der Waals surface area (Å²) in [5.41, 5.74) is 0.655. The van der Waals surface area contributed by atoms with Gasteiger partial charge in [-0.3, -0.25) is 4.90 Å². The van der Waals surface area contributed by atoms with E-state index in [1.807, 2.05) is 12.1 Å². The van der Waals surface area contributed by atoms with Gasteiger partial charge < -0.3 is 4.74 Å². The molecule has 0 amide bonds. The Morgan fingerprint density at radius 2 is 2.15 bits per heavy atom. The average molecular weight is 272 g/mol. The molecule has 0 bridgehead atoms. The van der Waals surface area contributed by atoms with E-state index in [4.69, 9.17) is 10.00 Å². The minimum absolute atomic E-state index is 0.655. The molecule has 1 fully saturated rings. The lowest BCUT2D eigenvalue weighted by molar-refractivity contribution is 0.151. The van der Waals surface area contributed by atoms with Crippen molar-refractivity contribution in [3.05, 3.63) is 29.8 Å². The summed E-state index contributed by atoms with van der Waals surface area (Å²) in [5, 5.41) is 8.85. The van der Waals surface area contributed by atoms with Gasteiger partial charge in [0.1, 0.15) is 12.4 Å². The number of piperidine rings is 1. The van der Waals surface area contributed by atoms with Crippen molar-refractivity contribution >= 4 is 0 Å². The van der Waals surface area contributed by atoms with Crippen LogP contribution in [0.25, 0.3) is 0 Å². The van der Waals surface area contributed by atoms with Crippen LogP contribution in [0.15, 0.2) is 24.3 Å². The van der Waals surface area contributed by atoms with Crippen LogP contribution >= 0.6 is 0 Å². The zero-order chi connectivity index (χ0) is 14.2. The molecule has 0 aromatic heterocycles. The summed E-state index contributed by atoms with van der Waals surface area (Å²) in [4.78, 5) is 2.49. The van der Waals surface area contributed by atoms with Crippen molar-refractivity contribution in [1.82, 2.24) is 4.90 Å². The first-order chi connectivity index (χ1) is 9.81. The first-order valence-corrected chi connectivity index (χ1v) is 7.67. The van der Waals surface area contributed by atoms with Crippen molar-refractivity contribution in [2.24, 2.45) is 5.92 Å². The van der Waals surface area contributed by atoms with E-state index in [1.165, 1.54) is 38.8 Å². The lowest BCUT2D eigenvalue weighted by Crippen LogP contribution is -2.36. The van der Waals surface area contributed by atoms with Crippen LogP contribution in [0.1, 0.15) is 38.2 Å². The van der Waals surface area contributed by atoms with Gasteiger partial charge in [0.2, 0.25) is 0 Å². The molecule has 20 heavy (non-hydrogen) atoms. The molecule has 1 heterocycles. The van der Waals surface area contributed by atoms with E-state index < -0.39 is 0 Å². The maximum Gasteiger partial charge on any atom is 0.120 e. The predicted molar refractivity (Wildman–Crippen MR) is 80.7 cm³/mol. The van der Waals surface area contributed by atoms with E-state index in [1.54, 1.807) is 12.1 Å². The zero-order valence-electron chi connectivity index (χ0n) is 12.3. The Morgan fingerprint density at radius 3 is 2.85 bits per heavy atom. The largest absolute Gasteiger partial charge is 0.492 e. The standard InChI is InChI=1S/C17H24N2O/c1-2-4-15-7-9-19(10-8-15)11-12-20-17-6-3-5-16(13-17)14-18/h3,5-6,13,15H,2,4,7-12H2,1H3. The van der Waals surface area contributed by atoms with E-state index in [0.717, 1.165) is 18.2 Å². The monoisotopic (exact) mass is 272 g/mol. The number of hydrogen-bond donors (Lipinski definition) is 0. The Morgan fingerprint density at radius 1 is 1.35 bits per heavy atom. The summed E-state index contributed by atoms with van der Waals surface area (Å²) in [6.45, 7) is 6.36. The molecule has 0 aliphatic carbocycles. The molecule has 1 aliphatic rings. The highest BCUT2D eigenvalue weighted by molar-refractivity contribution is 5.36. The van der Waals surface area contributed by atoms with Crippen LogP contribution in [0, 0.1) is 17.2 Å². The molecule has 3 nitrogen and oxygen atoms in total. The lowest BCUT2D eigenvalue weighted by Gasteiger charge is -2.31. The van der Waals surface area contributed by atoms with E-state index in [0.29, 0.717) is 12.2 Å². The van der Waals surface area contributed by atoms with E-state index in [2.05, 4.69) is 17.9 Å². The predicted octanol–water partition coefficient (Wildman–Crippen LogP) is 3.45. The molecule has 0 unspecified atom stereocenters. The van der Waals surface area contributed by atoms with Crippen molar-refractivity contribution < 1.29 is 4.74 Å². The van der Waals surface area contributed by atoms with E-state index >= 15 is 0 Å². The van der Waals surface area contributed by atoms with Crippen LogP contribution in [-0.2, 0) is 0 Å². The van der Waals surface area contributed by atoms with E-state index in [-0.39, 0.29) is 0 Å². The number of nitrogens with zero attached hydrogens (tertiary/aromatic N) is 2. The second kappa shape index (κ2) is 7.91. The highest BCUT2D eigenvalue weighted by atomic mass is 16.5. The first kappa shape index (κ1) is 14.9. The number of benzene rings is 1. The van der Waals surface area contributed by atoms with Crippen molar-refractivity contribution in [1.29, 1.82) is 5.26 Å². The summed E-state index contributed by atoms with van der Waals surface area (Å²) < 4.78 is 5.73. The second-order valence-electron chi connectivity index (χ2n) is 5.56. The van der Waals surface area contributed by atoms with Crippen LogP contribution in [-0.4, -0.2) is 31.1 Å². The Balaban J connectivity index is 1.68. The maximum atomic E-state index is 8.85. The fraction of sp³-hybridized carbons (Fsp3) is 0.588. The summed E-state index contributed by atoms with van der Waals surface area (Å²) in [5.74, 6) is 1.73. The molecule has 0 saturated carbocycles. The SMILES string of the molecule is CCCC1CCN(CCOc2cccc(C#N)c2)CC1. The molecule has 1 aromatic rings. The van der Waals surface area contributed by atoms with Gasteiger partial charge in [-0.15, -0.1) is 0 Å². The molecule has 0 spiro atoms. The molecule has 0 atom stereocenters. The summed E-state index contributed by atoms with van der Waals surface area (Å²) in [6, 6.07) is 9.51. The van der Waals surface area contributed by atoms with Crippen molar-refractivity contribution in [3.63, 3.8) is 0 Å². The smallest absolute Gasteiger partial charge is 0.120 e. The van der Waals surface area contributed by atoms with Crippen LogP contribution in [0.2, 0.25) is 0 Å². The second-order valence-corrected chi connectivity index (χ2v) is 5.56. The minimum Gasteiger partial charge on any atom is -0.492 e. The number of hydrogen-bond acceptors (Lipinski definition) is 3. The Kier molecular flexibility index (Phi) is 5.88. The Hall–Kier alpha value is -1.53. The van der Waals surface area contributed by atoms with Crippen LogP contribution in [0.5, 0.6) is 5.75 Å². The highest BCUT2D eigenvalue weighted by Crippen LogP contribution is 2.21. The topological polar surface area (TPSA) is 36.3 Å². The van der Waals surface area contributed by atoms with Crippen molar-refractivity contribution in [3.8, 4) is 11.8 Å². The molecule has 1 saturated heterocycles. The first-order valence-electron chi connectivity index (χ1n) is 7.67. The summed E-state index contributed by atoms with van der Waals surface area (Å²) in [6.07, 6.45) is 5.35.